The molecule has 2 aliphatic heterocycles. The van der Waals surface area contributed by atoms with E-state index in [-0.39, 0.29) is 11.6 Å². The van der Waals surface area contributed by atoms with Crippen LogP contribution in [0.5, 0.6) is 0 Å². The highest BCUT2D eigenvalue weighted by Gasteiger charge is 2.29. The van der Waals surface area contributed by atoms with E-state index in [1.54, 1.807) is 11.8 Å². The summed E-state index contributed by atoms with van der Waals surface area (Å²) in [5, 5.41) is 4.34. The molecule has 0 radical (unpaired) electrons. The van der Waals surface area contributed by atoms with Crippen LogP contribution in [-0.4, -0.2) is 42.4 Å². The summed E-state index contributed by atoms with van der Waals surface area (Å²) < 4.78 is 22.5. The molecular formula is C10H18N2O2S2. The molecule has 0 aromatic carbocycles. The monoisotopic (exact) mass is 262 g/mol. The number of aliphatic imine (C=N–C) groups is 1. The first-order valence-corrected chi connectivity index (χ1v) is 8.36. The van der Waals surface area contributed by atoms with E-state index in [1.807, 2.05) is 0 Å². The summed E-state index contributed by atoms with van der Waals surface area (Å²) in [4.78, 5) is 4.60. The predicted octanol–water partition coefficient (Wildman–Crippen LogP) is 1.03. The third-order valence-corrected chi connectivity index (χ3v) is 5.90. The van der Waals surface area contributed by atoms with Gasteiger partial charge in [-0.1, -0.05) is 11.8 Å². The van der Waals surface area contributed by atoms with Gasteiger partial charge in [-0.15, -0.1) is 0 Å². The van der Waals surface area contributed by atoms with Gasteiger partial charge >= 0.3 is 0 Å². The lowest BCUT2D eigenvalue weighted by molar-refractivity contribution is 0.526. The van der Waals surface area contributed by atoms with Crippen LogP contribution >= 0.6 is 11.8 Å². The molecule has 16 heavy (non-hydrogen) atoms. The molecule has 4 nitrogen and oxygen atoms in total. The normalized spacial score (nSPS) is 31.5. The van der Waals surface area contributed by atoms with E-state index in [4.69, 9.17) is 0 Å². The van der Waals surface area contributed by atoms with Crippen LogP contribution in [0.25, 0.3) is 0 Å². The van der Waals surface area contributed by atoms with Crippen LogP contribution in [0.4, 0.5) is 0 Å². The summed E-state index contributed by atoms with van der Waals surface area (Å²) in [6.07, 6.45) is 1.35. The van der Waals surface area contributed by atoms with Crippen molar-refractivity contribution >= 4 is 26.8 Å². The summed E-state index contributed by atoms with van der Waals surface area (Å²) in [7, 11) is -2.77. The van der Waals surface area contributed by atoms with Gasteiger partial charge in [-0.2, -0.15) is 0 Å². The van der Waals surface area contributed by atoms with Crippen molar-refractivity contribution in [3.63, 3.8) is 0 Å². The van der Waals surface area contributed by atoms with Crippen molar-refractivity contribution < 1.29 is 8.42 Å². The minimum absolute atomic E-state index is 0.115. The molecule has 2 aliphatic rings. The second-order valence-corrected chi connectivity index (χ2v) is 8.38. The van der Waals surface area contributed by atoms with Gasteiger partial charge in [0.15, 0.2) is 5.17 Å². The molecule has 0 bridgehead atoms. The van der Waals surface area contributed by atoms with E-state index in [9.17, 15) is 8.42 Å². The van der Waals surface area contributed by atoms with E-state index in [0.717, 1.165) is 10.9 Å². The topological polar surface area (TPSA) is 58.5 Å². The SMILES string of the molecule is CC1(C)CSC(=NC2CCS(=O)(=O)CC2)N1. The Balaban J connectivity index is 1.94. The van der Waals surface area contributed by atoms with Crippen molar-refractivity contribution in [2.45, 2.75) is 38.3 Å². The maximum atomic E-state index is 11.3. The van der Waals surface area contributed by atoms with Gasteiger partial charge < -0.3 is 5.32 Å². The zero-order valence-electron chi connectivity index (χ0n) is 9.69. The molecule has 0 spiro atoms. The molecule has 0 unspecified atom stereocenters. The van der Waals surface area contributed by atoms with E-state index in [0.29, 0.717) is 24.3 Å². The quantitative estimate of drug-likeness (QED) is 0.767. The maximum absolute atomic E-state index is 11.3. The van der Waals surface area contributed by atoms with Gasteiger partial charge in [-0.05, 0) is 26.7 Å². The molecule has 1 N–H and O–H groups in total. The molecule has 0 amide bonds. The molecule has 2 saturated heterocycles. The Morgan fingerprint density at radius 3 is 2.50 bits per heavy atom. The first-order chi connectivity index (χ1) is 7.36. The van der Waals surface area contributed by atoms with Gasteiger partial charge in [-0.25, -0.2) is 8.42 Å². The standard InChI is InChI=1S/C10H18N2O2S2/c1-10(2)7-15-9(12-10)11-8-3-5-16(13,14)6-4-8/h8H,3-7H2,1-2H3,(H,11,12). The highest BCUT2D eigenvalue weighted by atomic mass is 32.2. The summed E-state index contributed by atoms with van der Waals surface area (Å²) in [5.74, 6) is 1.61. The lowest BCUT2D eigenvalue weighted by Gasteiger charge is -2.20. The number of rotatable bonds is 1. The van der Waals surface area contributed by atoms with E-state index in [1.165, 1.54) is 0 Å². The van der Waals surface area contributed by atoms with E-state index < -0.39 is 9.84 Å². The molecule has 6 heteroatoms. The predicted molar refractivity (Wildman–Crippen MR) is 68.8 cm³/mol. The average Bonchev–Trinajstić information content (AvgIpc) is 2.50. The van der Waals surface area contributed by atoms with Crippen LogP contribution in [0.1, 0.15) is 26.7 Å². The van der Waals surface area contributed by atoms with Gasteiger partial charge in [0.2, 0.25) is 0 Å². The second-order valence-electron chi connectivity index (χ2n) is 5.11. The molecule has 0 atom stereocenters. The molecule has 0 saturated carbocycles. The van der Waals surface area contributed by atoms with Crippen molar-refractivity contribution in [3.8, 4) is 0 Å². The second kappa shape index (κ2) is 4.22. The highest BCUT2D eigenvalue weighted by molar-refractivity contribution is 8.14. The first-order valence-electron chi connectivity index (χ1n) is 5.56. The number of hydrogen-bond donors (Lipinski definition) is 1. The minimum Gasteiger partial charge on any atom is -0.359 e. The van der Waals surface area contributed by atoms with Crippen molar-refractivity contribution in [1.29, 1.82) is 0 Å². The number of hydrogen-bond acceptors (Lipinski definition) is 4. The molecular weight excluding hydrogens is 244 g/mol. The highest BCUT2D eigenvalue weighted by Crippen LogP contribution is 2.24. The Bertz CT molecular complexity index is 387. The van der Waals surface area contributed by atoms with Gasteiger partial charge in [0.1, 0.15) is 9.84 Å². The summed E-state index contributed by atoms with van der Waals surface area (Å²) in [6.45, 7) is 4.29. The number of nitrogens with one attached hydrogen (secondary N) is 1. The smallest absolute Gasteiger partial charge is 0.157 e. The van der Waals surface area contributed by atoms with Crippen LogP contribution in [0.3, 0.4) is 0 Å². The Morgan fingerprint density at radius 2 is 2.00 bits per heavy atom. The van der Waals surface area contributed by atoms with Crippen molar-refractivity contribution in [1.82, 2.24) is 5.32 Å². The Hall–Kier alpha value is -0.230. The Morgan fingerprint density at radius 1 is 1.38 bits per heavy atom. The molecule has 0 aliphatic carbocycles. The summed E-state index contributed by atoms with van der Waals surface area (Å²) in [6, 6.07) is 0.187. The Labute approximate surface area is 101 Å². The Kier molecular flexibility index (Phi) is 3.22. The molecule has 2 fully saturated rings. The van der Waals surface area contributed by atoms with Gasteiger partial charge in [0.25, 0.3) is 0 Å². The van der Waals surface area contributed by atoms with Crippen LogP contribution in [0.15, 0.2) is 4.99 Å². The number of sulfone groups is 1. The summed E-state index contributed by atoms with van der Waals surface area (Å²) >= 11 is 1.73. The van der Waals surface area contributed by atoms with Gasteiger partial charge in [-0.3, -0.25) is 4.99 Å². The van der Waals surface area contributed by atoms with Crippen LogP contribution in [0, 0.1) is 0 Å². The lowest BCUT2D eigenvalue weighted by atomic mass is 10.1. The molecule has 92 valence electrons. The fourth-order valence-electron chi connectivity index (χ4n) is 1.85. The first kappa shape index (κ1) is 12.2. The number of thioether (sulfide) groups is 1. The van der Waals surface area contributed by atoms with Gasteiger partial charge in [0, 0.05) is 11.3 Å². The zero-order valence-corrected chi connectivity index (χ0v) is 11.3. The molecule has 2 rings (SSSR count). The number of nitrogens with zero attached hydrogens (tertiary/aromatic N) is 1. The largest absolute Gasteiger partial charge is 0.359 e. The van der Waals surface area contributed by atoms with Gasteiger partial charge in [0.05, 0.1) is 17.5 Å². The molecule has 0 aromatic rings. The van der Waals surface area contributed by atoms with Crippen molar-refractivity contribution in [2.24, 2.45) is 4.99 Å². The van der Waals surface area contributed by atoms with E-state index in [2.05, 4.69) is 24.2 Å². The third kappa shape index (κ3) is 3.13. The van der Waals surface area contributed by atoms with Crippen molar-refractivity contribution in [3.05, 3.63) is 0 Å². The summed E-state index contributed by atoms with van der Waals surface area (Å²) in [5.41, 5.74) is 0.115. The van der Waals surface area contributed by atoms with E-state index >= 15 is 0 Å². The number of amidine groups is 1. The third-order valence-electron chi connectivity index (χ3n) is 2.84. The van der Waals surface area contributed by atoms with Crippen molar-refractivity contribution in [2.75, 3.05) is 17.3 Å². The van der Waals surface area contributed by atoms with Crippen LogP contribution in [0.2, 0.25) is 0 Å². The lowest BCUT2D eigenvalue weighted by Crippen LogP contribution is -2.37. The van der Waals surface area contributed by atoms with Crippen LogP contribution < -0.4 is 5.32 Å². The minimum atomic E-state index is -2.77. The molecule has 2 heterocycles. The molecule has 0 aromatic heterocycles. The zero-order chi connectivity index (χ0) is 11.8. The maximum Gasteiger partial charge on any atom is 0.157 e. The fraction of sp³-hybridized carbons (Fsp3) is 0.900. The van der Waals surface area contributed by atoms with Crippen LogP contribution in [-0.2, 0) is 9.84 Å². The average molecular weight is 262 g/mol. The fourth-order valence-corrected chi connectivity index (χ4v) is 4.46.